The second kappa shape index (κ2) is 5.24. The van der Waals surface area contributed by atoms with Gasteiger partial charge in [0.1, 0.15) is 17.7 Å². The number of pyridine rings is 1. The van der Waals surface area contributed by atoms with Gasteiger partial charge in [0.15, 0.2) is 0 Å². The number of fused-ring (bicyclic) bond motifs is 1. The molecular formula is C15H15N5O. The Morgan fingerprint density at radius 3 is 2.57 bits per heavy atom. The fourth-order valence-corrected chi connectivity index (χ4v) is 2.19. The van der Waals surface area contributed by atoms with Crippen molar-refractivity contribution < 1.29 is 4.74 Å². The van der Waals surface area contributed by atoms with Gasteiger partial charge in [-0.25, -0.2) is 4.98 Å². The fourth-order valence-electron chi connectivity index (χ4n) is 2.19. The third-order valence-electron chi connectivity index (χ3n) is 3.21. The molecule has 3 rings (SSSR count). The van der Waals surface area contributed by atoms with Crippen molar-refractivity contribution in [2.75, 3.05) is 11.5 Å². The minimum atomic E-state index is -0.143. The Morgan fingerprint density at radius 2 is 1.81 bits per heavy atom. The summed E-state index contributed by atoms with van der Waals surface area (Å²) in [5.41, 5.74) is 13.3. The molecule has 0 saturated carbocycles. The second-order valence-electron chi connectivity index (χ2n) is 4.66. The van der Waals surface area contributed by atoms with Crippen molar-refractivity contribution in [3.63, 3.8) is 0 Å². The molecule has 1 unspecified atom stereocenters. The predicted molar refractivity (Wildman–Crippen MR) is 81.6 cm³/mol. The normalized spacial score (nSPS) is 12.2. The van der Waals surface area contributed by atoms with Gasteiger partial charge in [-0.15, -0.1) is 0 Å². The van der Waals surface area contributed by atoms with Crippen LogP contribution in [0.5, 0.6) is 5.75 Å². The first-order chi connectivity index (χ1) is 10.1. The lowest BCUT2D eigenvalue weighted by Gasteiger charge is -2.17. The van der Waals surface area contributed by atoms with E-state index in [1.54, 1.807) is 12.4 Å². The second-order valence-corrected chi connectivity index (χ2v) is 4.66. The summed E-state index contributed by atoms with van der Waals surface area (Å²) in [5, 5.41) is 0.674. The molecule has 1 aromatic carbocycles. The van der Waals surface area contributed by atoms with E-state index in [4.69, 9.17) is 16.2 Å². The zero-order chi connectivity index (χ0) is 14.8. The number of hydrogen-bond donors (Lipinski definition) is 2. The maximum absolute atomic E-state index is 6.01. The SMILES string of the molecule is CC(Oc1cccc2nc(N)nc(N)c12)c1ccncc1. The topological polar surface area (TPSA) is 99.9 Å². The van der Waals surface area contributed by atoms with E-state index >= 15 is 0 Å². The van der Waals surface area contributed by atoms with Crippen LogP contribution in [0.2, 0.25) is 0 Å². The van der Waals surface area contributed by atoms with E-state index in [1.165, 1.54) is 0 Å². The first-order valence-electron chi connectivity index (χ1n) is 6.53. The summed E-state index contributed by atoms with van der Waals surface area (Å²) in [7, 11) is 0. The van der Waals surface area contributed by atoms with Crippen LogP contribution in [0.1, 0.15) is 18.6 Å². The Labute approximate surface area is 121 Å². The molecule has 2 aromatic heterocycles. The molecule has 3 aromatic rings. The van der Waals surface area contributed by atoms with Crippen molar-refractivity contribution in [2.45, 2.75) is 13.0 Å². The molecule has 0 amide bonds. The van der Waals surface area contributed by atoms with Crippen LogP contribution < -0.4 is 16.2 Å². The molecule has 21 heavy (non-hydrogen) atoms. The summed E-state index contributed by atoms with van der Waals surface area (Å²) in [6.45, 7) is 1.96. The van der Waals surface area contributed by atoms with Gasteiger partial charge < -0.3 is 16.2 Å². The third-order valence-corrected chi connectivity index (χ3v) is 3.21. The Kier molecular flexibility index (Phi) is 3.27. The summed E-state index contributed by atoms with van der Waals surface area (Å²) < 4.78 is 6.01. The molecule has 0 fully saturated rings. The maximum Gasteiger partial charge on any atom is 0.222 e. The molecule has 0 saturated heterocycles. The molecule has 1 atom stereocenters. The summed E-state index contributed by atoms with van der Waals surface area (Å²) in [5.74, 6) is 1.10. The van der Waals surface area contributed by atoms with Crippen molar-refractivity contribution >= 4 is 22.7 Å². The van der Waals surface area contributed by atoms with Gasteiger partial charge in [0.2, 0.25) is 5.95 Å². The Bertz CT molecular complexity index is 776. The van der Waals surface area contributed by atoms with Gasteiger partial charge >= 0.3 is 0 Å². The first-order valence-corrected chi connectivity index (χ1v) is 6.53. The van der Waals surface area contributed by atoms with Crippen LogP contribution in [0.15, 0.2) is 42.7 Å². The summed E-state index contributed by atoms with van der Waals surface area (Å²) >= 11 is 0. The van der Waals surface area contributed by atoms with Crippen molar-refractivity contribution in [1.29, 1.82) is 0 Å². The molecule has 4 N–H and O–H groups in total. The number of hydrogen-bond acceptors (Lipinski definition) is 6. The Hall–Kier alpha value is -2.89. The minimum absolute atomic E-state index is 0.143. The summed E-state index contributed by atoms with van der Waals surface area (Å²) in [4.78, 5) is 12.2. The van der Waals surface area contributed by atoms with Gasteiger partial charge in [-0.1, -0.05) is 6.07 Å². The lowest BCUT2D eigenvalue weighted by Crippen LogP contribution is -2.06. The number of aromatic nitrogens is 3. The quantitative estimate of drug-likeness (QED) is 0.764. The minimum Gasteiger partial charge on any atom is -0.485 e. The molecule has 6 nitrogen and oxygen atoms in total. The van der Waals surface area contributed by atoms with Crippen LogP contribution in [0.25, 0.3) is 10.9 Å². The highest BCUT2D eigenvalue weighted by Gasteiger charge is 2.13. The molecule has 0 radical (unpaired) electrons. The van der Waals surface area contributed by atoms with E-state index in [2.05, 4.69) is 15.0 Å². The zero-order valence-electron chi connectivity index (χ0n) is 11.5. The van der Waals surface area contributed by atoms with Crippen LogP contribution >= 0.6 is 0 Å². The largest absolute Gasteiger partial charge is 0.485 e. The van der Waals surface area contributed by atoms with E-state index in [-0.39, 0.29) is 12.1 Å². The molecule has 0 aliphatic rings. The number of anilines is 2. The molecule has 0 aliphatic heterocycles. The molecule has 106 valence electrons. The lowest BCUT2D eigenvalue weighted by molar-refractivity contribution is 0.230. The number of benzene rings is 1. The fraction of sp³-hybridized carbons (Fsp3) is 0.133. The molecule has 0 bridgehead atoms. The molecule has 6 heteroatoms. The van der Waals surface area contributed by atoms with Crippen LogP contribution in [-0.2, 0) is 0 Å². The molecular weight excluding hydrogens is 266 g/mol. The highest BCUT2D eigenvalue weighted by Crippen LogP contribution is 2.32. The Balaban J connectivity index is 2.01. The van der Waals surface area contributed by atoms with Crippen molar-refractivity contribution in [1.82, 2.24) is 15.0 Å². The third kappa shape index (κ3) is 2.55. The lowest BCUT2D eigenvalue weighted by atomic mass is 10.1. The highest BCUT2D eigenvalue weighted by molar-refractivity contribution is 5.94. The van der Waals surface area contributed by atoms with E-state index in [0.717, 1.165) is 5.56 Å². The molecule has 0 aliphatic carbocycles. The van der Waals surface area contributed by atoms with Crippen LogP contribution in [-0.4, -0.2) is 15.0 Å². The van der Waals surface area contributed by atoms with Crippen LogP contribution in [0.4, 0.5) is 11.8 Å². The number of rotatable bonds is 3. The summed E-state index contributed by atoms with van der Waals surface area (Å²) in [6, 6.07) is 9.34. The number of ether oxygens (including phenoxy) is 1. The standard InChI is InChI=1S/C15H15N5O/c1-9(10-5-7-18-8-6-10)21-12-4-2-3-11-13(12)14(16)20-15(17)19-11/h2-9H,1H3,(H4,16,17,19,20). The van der Waals surface area contributed by atoms with Crippen LogP contribution in [0, 0.1) is 0 Å². The van der Waals surface area contributed by atoms with Crippen molar-refractivity contribution in [2.24, 2.45) is 0 Å². The molecule has 0 spiro atoms. The van der Waals surface area contributed by atoms with Gasteiger partial charge in [0, 0.05) is 12.4 Å². The van der Waals surface area contributed by atoms with E-state index in [1.807, 2.05) is 37.3 Å². The van der Waals surface area contributed by atoms with Gasteiger partial charge in [0.25, 0.3) is 0 Å². The summed E-state index contributed by atoms with van der Waals surface area (Å²) in [6.07, 6.45) is 3.32. The number of nitrogen functional groups attached to an aromatic ring is 2. The van der Waals surface area contributed by atoms with Gasteiger partial charge in [-0.05, 0) is 36.8 Å². The monoisotopic (exact) mass is 281 g/mol. The van der Waals surface area contributed by atoms with Gasteiger partial charge in [-0.2, -0.15) is 4.98 Å². The first kappa shape index (κ1) is 13.1. The maximum atomic E-state index is 6.01. The van der Waals surface area contributed by atoms with Gasteiger partial charge in [-0.3, -0.25) is 4.98 Å². The van der Waals surface area contributed by atoms with Gasteiger partial charge in [0.05, 0.1) is 10.9 Å². The average molecular weight is 281 g/mol. The molecule has 2 heterocycles. The van der Waals surface area contributed by atoms with E-state index in [0.29, 0.717) is 22.5 Å². The van der Waals surface area contributed by atoms with E-state index < -0.39 is 0 Å². The average Bonchev–Trinajstić information content (AvgIpc) is 2.47. The smallest absolute Gasteiger partial charge is 0.222 e. The highest BCUT2D eigenvalue weighted by atomic mass is 16.5. The Morgan fingerprint density at radius 1 is 1.05 bits per heavy atom. The van der Waals surface area contributed by atoms with Crippen molar-refractivity contribution in [3.05, 3.63) is 48.3 Å². The number of nitrogens with zero attached hydrogens (tertiary/aromatic N) is 3. The predicted octanol–water partition coefficient (Wildman–Crippen LogP) is 2.33. The number of nitrogens with two attached hydrogens (primary N) is 2. The van der Waals surface area contributed by atoms with Crippen molar-refractivity contribution in [3.8, 4) is 5.75 Å². The van der Waals surface area contributed by atoms with Crippen LogP contribution in [0.3, 0.4) is 0 Å². The zero-order valence-corrected chi connectivity index (χ0v) is 11.5. The van der Waals surface area contributed by atoms with E-state index in [9.17, 15) is 0 Å².